The van der Waals surface area contributed by atoms with E-state index < -0.39 is 0 Å². The van der Waals surface area contributed by atoms with Crippen LogP contribution in [0.15, 0.2) is 71.6 Å². The van der Waals surface area contributed by atoms with E-state index in [1.54, 1.807) is 11.3 Å². The van der Waals surface area contributed by atoms with Crippen molar-refractivity contribution >= 4 is 34.7 Å². The fraction of sp³-hybridized carbons (Fsp3) is 0.0833. The predicted octanol–water partition coefficient (Wildman–Crippen LogP) is 5.83. The fourth-order valence-electron chi connectivity index (χ4n) is 2.83. The maximum absolute atomic E-state index is 9.39. The van der Waals surface area contributed by atoms with Gasteiger partial charge in [0.05, 0.1) is 0 Å². The van der Waals surface area contributed by atoms with Crippen LogP contribution in [0.2, 0.25) is 0 Å². The van der Waals surface area contributed by atoms with Crippen LogP contribution < -0.4 is 4.90 Å². The topological polar surface area (TPSA) is 50.8 Å². The minimum Gasteiger partial charge on any atom is -0.378 e. The molecule has 0 spiro atoms. The third kappa shape index (κ3) is 4.38. The molecule has 28 heavy (non-hydrogen) atoms. The zero-order valence-electron chi connectivity index (χ0n) is 15.8. The lowest BCUT2D eigenvalue weighted by Crippen LogP contribution is -2.07. The second-order valence-electron chi connectivity index (χ2n) is 6.40. The number of nitriles is 2. The van der Waals surface area contributed by atoms with E-state index in [1.165, 1.54) is 0 Å². The molecular weight excluding hydrogens is 362 g/mol. The van der Waals surface area contributed by atoms with Gasteiger partial charge in [-0.3, -0.25) is 0 Å². The van der Waals surface area contributed by atoms with Gasteiger partial charge in [-0.1, -0.05) is 48.5 Å². The van der Waals surface area contributed by atoms with Gasteiger partial charge in [0.1, 0.15) is 17.7 Å². The first kappa shape index (κ1) is 19.2. The van der Waals surface area contributed by atoms with Gasteiger partial charge in [0.15, 0.2) is 0 Å². The first-order valence-electron chi connectivity index (χ1n) is 8.76. The molecule has 4 heteroatoms. The molecule has 0 bridgehead atoms. The molecule has 2 aromatic carbocycles. The molecule has 0 aliphatic carbocycles. The van der Waals surface area contributed by atoms with E-state index in [9.17, 15) is 10.5 Å². The molecular formula is C24H19N3S. The quantitative estimate of drug-likeness (QED) is 0.522. The van der Waals surface area contributed by atoms with Gasteiger partial charge < -0.3 is 4.90 Å². The molecule has 1 heterocycles. The lowest BCUT2D eigenvalue weighted by atomic mass is 9.95. The summed E-state index contributed by atoms with van der Waals surface area (Å²) in [7, 11) is 4.04. The average molecular weight is 382 g/mol. The summed E-state index contributed by atoms with van der Waals surface area (Å²) in [5.41, 5.74) is 4.84. The van der Waals surface area contributed by atoms with Gasteiger partial charge in [-0.25, -0.2) is 0 Å². The lowest BCUT2D eigenvalue weighted by Gasteiger charge is -2.11. The van der Waals surface area contributed by atoms with E-state index in [0.717, 1.165) is 27.3 Å². The van der Waals surface area contributed by atoms with Crippen molar-refractivity contribution < 1.29 is 0 Å². The maximum atomic E-state index is 9.39. The fourth-order valence-corrected chi connectivity index (χ4v) is 3.62. The molecule has 0 amide bonds. The van der Waals surface area contributed by atoms with Crippen molar-refractivity contribution in [3.8, 4) is 12.1 Å². The number of nitrogens with zero attached hydrogens (tertiary/aromatic N) is 3. The molecule has 0 aliphatic heterocycles. The summed E-state index contributed by atoms with van der Waals surface area (Å²) in [6.07, 6.45) is 4.12. The van der Waals surface area contributed by atoms with Crippen LogP contribution in [0.25, 0.3) is 17.7 Å². The zero-order valence-corrected chi connectivity index (χ0v) is 16.6. The molecule has 0 fully saturated rings. The number of thiophene rings is 1. The maximum Gasteiger partial charge on any atom is 0.138 e. The number of hydrogen-bond donors (Lipinski definition) is 0. The Bertz CT molecular complexity index is 1070. The molecule has 3 nitrogen and oxygen atoms in total. The Kier molecular flexibility index (Phi) is 6.07. The highest BCUT2D eigenvalue weighted by Gasteiger charge is 2.13. The van der Waals surface area contributed by atoms with Crippen LogP contribution in [0.4, 0.5) is 5.69 Å². The molecule has 0 unspecified atom stereocenters. The van der Waals surface area contributed by atoms with Crippen LogP contribution in [0, 0.1) is 22.7 Å². The summed E-state index contributed by atoms with van der Waals surface area (Å²) in [5.74, 6) is 0. The summed E-state index contributed by atoms with van der Waals surface area (Å²) in [6, 6.07) is 24.0. The number of anilines is 1. The van der Waals surface area contributed by atoms with E-state index in [4.69, 9.17) is 0 Å². The van der Waals surface area contributed by atoms with Gasteiger partial charge in [-0.05, 0) is 46.3 Å². The molecule has 3 aromatic rings. The normalized spacial score (nSPS) is 10.3. The lowest BCUT2D eigenvalue weighted by molar-refractivity contribution is 1.13. The first-order chi connectivity index (χ1) is 13.6. The molecule has 1 aromatic heterocycles. The Morgan fingerprint density at radius 1 is 0.893 bits per heavy atom. The average Bonchev–Trinajstić information content (AvgIpc) is 3.19. The minimum absolute atomic E-state index is 0.124. The van der Waals surface area contributed by atoms with Crippen molar-refractivity contribution in [2.24, 2.45) is 0 Å². The molecule has 0 saturated carbocycles. The highest BCUT2D eigenvalue weighted by atomic mass is 32.1. The molecule has 0 N–H and O–H groups in total. The van der Waals surface area contributed by atoms with E-state index in [0.29, 0.717) is 5.57 Å². The molecule has 3 rings (SSSR count). The minimum atomic E-state index is 0.124. The van der Waals surface area contributed by atoms with Gasteiger partial charge >= 0.3 is 0 Å². The van der Waals surface area contributed by atoms with Crippen LogP contribution in [0.3, 0.4) is 0 Å². The third-order valence-corrected chi connectivity index (χ3v) is 5.19. The molecule has 136 valence electrons. The summed E-state index contributed by atoms with van der Waals surface area (Å²) in [5, 5.41) is 20.8. The Morgan fingerprint density at radius 2 is 1.57 bits per heavy atom. The third-order valence-electron chi connectivity index (χ3n) is 4.29. The van der Waals surface area contributed by atoms with E-state index in [-0.39, 0.29) is 5.57 Å². The molecule has 0 atom stereocenters. The Balaban J connectivity index is 1.90. The summed E-state index contributed by atoms with van der Waals surface area (Å²) >= 11 is 1.59. The summed E-state index contributed by atoms with van der Waals surface area (Å²) in [4.78, 5) is 3.13. The van der Waals surface area contributed by atoms with Crippen molar-refractivity contribution in [2.75, 3.05) is 19.0 Å². The van der Waals surface area contributed by atoms with Gasteiger partial charge in [0.25, 0.3) is 0 Å². The van der Waals surface area contributed by atoms with E-state index >= 15 is 0 Å². The predicted molar refractivity (Wildman–Crippen MR) is 118 cm³/mol. The molecule has 0 saturated heterocycles. The standard InChI is InChI=1S/C24H19N3S/c1-27(2)22-11-8-18(9-12-22)10-13-23-14-20(17-28-23)24(21(15-25)16-26)19-6-4-3-5-7-19/h3-14,17H,1-2H3/b13-10+. The second-order valence-corrected chi connectivity index (χ2v) is 7.34. The van der Waals surface area contributed by atoms with Crippen LogP contribution in [-0.2, 0) is 0 Å². The van der Waals surface area contributed by atoms with Crippen molar-refractivity contribution in [3.05, 3.63) is 93.2 Å². The SMILES string of the molecule is CN(C)c1ccc(/C=C/c2cc(C(=C(C#N)C#N)c3ccccc3)cs2)cc1. The molecule has 0 radical (unpaired) electrons. The van der Waals surface area contributed by atoms with Crippen LogP contribution in [-0.4, -0.2) is 14.1 Å². The zero-order chi connectivity index (χ0) is 19.9. The van der Waals surface area contributed by atoms with Gasteiger partial charge in [0.2, 0.25) is 0 Å². The Hall–Kier alpha value is -3.60. The smallest absolute Gasteiger partial charge is 0.138 e. The highest BCUT2D eigenvalue weighted by molar-refractivity contribution is 7.11. The summed E-state index contributed by atoms with van der Waals surface area (Å²) in [6.45, 7) is 0. The van der Waals surface area contributed by atoms with Crippen molar-refractivity contribution in [1.82, 2.24) is 0 Å². The molecule has 0 aliphatic rings. The summed E-state index contributed by atoms with van der Waals surface area (Å²) < 4.78 is 0. The van der Waals surface area contributed by atoms with Crippen molar-refractivity contribution in [2.45, 2.75) is 0 Å². The highest BCUT2D eigenvalue weighted by Crippen LogP contribution is 2.31. The largest absolute Gasteiger partial charge is 0.378 e. The van der Waals surface area contributed by atoms with Crippen LogP contribution >= 0.6 is 11.3 Å². The van der Waals surface area contributed by atoms with E-state index in [2.05, 4.69) is 41.3 Å². The van der Waals surface area contributed by atoms with Gasteiger partial charge in [-0.2, -0.15) is 10.5 Å². The van der Waals surface area contributed by atoms with Crippen molar-refractivity contribution in [3.63, 3.8) is 0 Å². The Morgan fingerprint density at radius 3 is 2.18 bits per heavy atom. The van der Waals surface area contributed by atoms with Crippen LogP contribution in [0.5, 0.6) is 0 Å². The van der Waals surface area contributed by atoms with Crippen LogP contribution in [0.1, 0.15) is 21.6 Å². The number of benzene rings is 2. The first-order valence-corrected chi connectivity index (χ1v) is 9.64. The van der Waals surface area contributed by atoms with Gasteiger partial charge in [-0.15, -0.1) is 11.3 Å². The number of hydrogen-bond acceptors (Lipinski definition) is 4. The van der Waals surface area contributed by atoms with Gasteiger partial charge in [0, 0.05) is 30.2 Å². The second kappa shape index (κ2) is 8.86. The Labute approximate surface area is 169 Å². The number of rotatable bonds is 5. The van der Waals surface area contributed by atoms with Crippen molar-refractivity contribution in [1.29, 1.82) is 10.5 Å². The number of allylic oxidation sites excluding steroid dienone is 1. The van der Waals surface area contributed by atoms with E-state index in [1.807, 2.05) is 68.0 Å². The monoisotopic (exact) mass is 381 g/mol.